The van der Waals surface area contributed by atoms with E-state index in [1.54, 1.807) is 0 Å². The molecule has 0 amide bonds. The smallest absolute Gasteiger partial charge is 0.339 e. The van der Waals surface area contributed by atoms with E-state index in [4.69, 9.17) is 21.4 Å². The Kier molecular flexibility index (Phi) is 3.98. The van der Waals surface area contributed by atoms with Gasteiger partial charge in [0.1, 0.15) is 16.9 Å². The van der Waals surface area contributed by atoms with Crippen molar-refractivity contribution < 1.29 is 19.0 Å². The molecule has 98 valence electrons. The highest BCUT2D eigenvalue weighted by molar-refractivity contribution is 6.29. The predicted molar refractivity (Wildman–Crippen MR) is 63.9 cm³/mol. The number of halogens is 2. The molecule has 1 aromatic heterocycles. The summed E-state index contributed by atoms with van der Waals surface area (Å²) >= 11 is 5.71. The van der Waals surface area contributed by atoms with Crippen molar-refractivity contribution in [3.63, 3.8) is 0 Å². The number of nitrogens with zero attached hydrogens (tertiary/aromatic N) is 1. The Labute approximate surface area is 108 Å². The fourth-order valence-corrected chi connectivity index (χ4v) is 1.92. The minimum Gasteiger partial charge on any atom is -0.478 e. The highest BCUT2D eigenvalue weighted by Gasteiger charge is 2.26. The molecule has 2 heterocycles. The Morgan fingerprint density at radius 2 is 2.44 bits per heavy atom. The molecule has 0 spiro atoms. The van der Waals surface area contributed by atoms with Crippen LogP contribution in [0.1, 0.15) is 16.8 Å². The van der Waals surface area contributed by atoms with Gasteiger partial charge in [0.25, 0.3) is 0 Å². The van der Waals surface area contributed by atoms with Crippen LogP contribution in [0, 0.1) is 0 Å². The van der Waals surface area contributed by atoms with E-state index in [-0.39, 0.29) is 23.0 Å². The minimum atomic E-state index is -1.14. The zero-order valence-corrected chi connectivity index (χ0v) is 10.2. The van der Waals surface area contributed by atoms with Gasteiger partial charge >= 0.3 is 5.97 Å². The molecule has 2 N–H and O–H groups in total. The Morgan fingerprint density at radius 1 is 1.67 bits per heavy atom. The van der Waals surface area contributed by atoms with E-state index in [2.05, 4.69) is 10.3 Å². The number of aromatic nitrogens is 1. The van der Waals surface area contributed by atoms with Crippen LogP contribution in [0.15, 0.2) is 12.3 Å². The number of nitrogens with one attached hydrogen (secondary N) is 1. The van der Waals surface area contributed by atoms with Crippen LogP contribution in [0.25, 0.3) is 0 Å². The molecule has 1 aliphatic heterocycles. The quantitative estimate of drug-likeness (QED) is 0.825. The summed E-state index contributed by atoms with van der Waals surface area (Å²) in [5.41, 5.74) is 0.206. The maximum atomic E-state index is 13.6. The number of carboxylic acids is 1. The third-order valence-electron chi connectivity index (χ3n) is 2.71. The molecule has 0 aliphatic carbocycles. The minimum absolute atomic E-state index is 0.0443. The molecule has 1 aliphatic rings. The van der Waals surface area contributed by atoms with Gasteiger partial charge in [0.2, 0.25) is 0 Å². The fraction of sp³-hybridized carbons (Fsp3) is 0.455. The summed E-state index contributed by atoms with van der Waals surface area (Å²) in [7, 11) is 0. The summed E-state index contributed by atoms with van der Waals surface area (Å²) in [6.07, 6.45) is 0.357. The number of carbonyl (C=O) groups is 1. The summed E-state index contributed by atoms with van der Waals surface area (Å²) < 4.78 is 18.8. The largest absolute Gasteiger partial charge is 0.478 e. The summed E-state index contributed by atoms with van der Waals surface area (Å²) in [5, 5.41) is 12.0. The number of hydrogen-bond donors (Lipinski definition) is 2. The SMILES string of the molecule is O=C(O)c1cnc(Cl)cc1NC1COCCC1F. The summed E-state index contributed by atoms with van der Waals surface area (Å²) in [4.78, 5) is 14.7. The lowest BCUT2D eigenvalue weighted by Gasteiger charge is -2.28. The van der Waals surface area contributed by atoms with Gasteiger partial charge in [-0.15, -0.1) is 0 Å². The van der Waals surface area contributed by atoms with Gasteiger partial charge in [-0.25, -0.2) is 14.2 Å². The zero-order chi connectivity index (χ0) is 13.1. The average Bonchev–Trinajstić information content (AvgIpc) is 2.32. The first-order valence-corrected chi connectivity index (χ1v) is 5.83. The molecule has 0 saturated carbocycles. The highest BCUT2D eigenvalue weighted by atomic mass is 35.5. The second-order valence-electron chi connectivity index (χ2n) is 3.99. The monoisotopic (exact) mass is 274 g/mol. The van der Waals surface area contributed by atoms with Gasteiger partial charge in [0.15, 0.2) is 0 Å². The van der Waals surface area contributed by atoms with Gasteiger partial charge in [0.05, 0.1) is 18.3 Å². The topological polar surface area (TPSA) is 71.5 Å². The molecular formula is C11H12ClFN2O3. The van der Waals surface area contributed by atoms with Crippen molar-refractivity contribution in [2.24, 2.45) is 0 Å². The van der Waals surface area contributed by atoms with Crippen molar-refractivity contribution in [3.05, 3.63) is 23.0 Å². The average molecular weight is 275 g/mol. The first kappa shape index (κ1) is 13.0. The molecule has 7 heteroatoms. The molecule has 2 rings (SSSR count). The van der Waals surface area contributed by atoms with Gasteiger partial charge < -0.3 is 15.2 Å². The Morgan fingerprint density at radius 3 is 3.11 bits per heavy atom. The van der Waals surface area contributed by atoms with Crippen LogP contribution < -0.4 is 5.32 Å². The third-order valence-corrected chi connectivity index (χ3v) is 2.92. The molecule has 0 radical (unpaired) electrons. The van der Waals surface area contributed by atoms with Crippen molar-refractivity contribution in [2.75, 3.05) is 18.5 Å². The zero-order valence-electron chi connectivity index (χ0n) is 9.40. The maximum Gasteiger partial charge on any atom is 0.339 e. The maximum absolute atomic E-state index is 13.6. The molecule has 2 atom stereocenters. The van der Waals surface area contributed by atoms with Crippen molar-refractivity contribution in [2.45, 2.75) is 18.6 Å². The summed E-state index contributed by atoms with van der Waals surface area (Å²) in [5.74, 6) is -1.14. The Hall–Kier alpha value is -1.40. The molecule has 1 aromatic rings. The van der Waals surface area contributed by atoms with Crippen LogP contribution in [0.2, 0.25) is 5.15 Å². The number of hydrogen-bond acceptors (Lipinski definition) is 4. The highest BCUT2D eigenvalue weighted by Crippen LogP contribution is 2.23. The van der Waals surface area contributed by atoms with Crippen molar-refractivity contribution in [1.29, 1.82) is 0 Å². The normalized spacial score (nSPS) is 23.7. The standard InChI is InChI=1S/C11H12ClFN2O3/c12-10-3-8(6(4-14-10)11(16)17)15-9-5-18-2-1-7(9)13/h3-4,7,9H,1-2,5H2,(H,14,15)(H,16,17). The van der Waals surface area contributed by atoms with E-state index < -0.39 is 18.2 Å². The van der Waals surface area contributed by atoms with Gasteiger partial charge in [0, 0.05) is 19.2 Å². The first-order chi connectivity index (χ1) is 8.58. The second kappa shape index (κ2) is 5.49. The van der Waals surface area contributed by atoms with Gasteiger partial charge in [-0.2, -0.15) is 0 Å². The molecule has 0 bridgehead atoms. The predicted octanol–water partition coefficient (Wildman–Crippen LogP) is 1.97. The number of rotatable bonds is 3. The summed E-state index contributed by atoms with van der Waals surface area (Å²) in [6, 6.07) is 0.794. The van der Waals surface area contributed by atoms with Crippen LogP contribution in [-0.2, 0) is 4.74 Å². The van der Waals surface area contributed by atoms with E-state index in [9.17, 15) is 9.18 Å². The summed E-state index contributed by atoms with van der Waals surface area (Å²) in [6.45, 7) is 0.572. The second-order valence-corrected chi connectivity index (χ2v) is 4.38. The Bertz CT molecular complexity index is 458. The molecule has 1 fully saturated rings. The number of anilines is 1. The molecule has 5 nitrogen and oxygen atoms in total. The van der Waals surface area contributed by atoms with Crippen molar-refractivity contribution >= 4 is 23.3 Å². The van der Waals surface area contributed by atoms with Gasteiger partial charge in [-0.1, -0.05) is 11.6 Å². The number of aromatic carboxylic acids is 1. The van der Waals surface area contributed by atoms with Crippen LogP contribution in [0.4, 0.5) is 10.1 Å². The molecule has 18 heavy (non-hydrogen) atoms. The lowest BCUT2D eigenvalue weighted by molar-refractivity contribution is 0.0404. The van der Waals surface area contributed by atoms with Crippen LogP contribution in [0.5, 0.6) is 0 Å². The van der Waals surface area contributed by atoms with E-state index in [0.717, 1.165) is 6.20 Å². The lowest BCUT2D eigenvalue weighted by atomic mass is 10.1. The Balaban J connectivity index is 2.21. The van der Waals surface area contributed by atoms with Crippen LogP contribution in [-0.4, -0.2) is 41.5 Å². The number of ether oxygens (including phenoxy) is 1. The third kappa shape index (κ3) is 2.88. The number of carboxylic acid groups (broad SMARTS) is 1. The molecule has 1 saturated heterocycles. The molecule has 0 aromatic carbocycles. The van der Waals surface area contributed by atoms with Crippen LogP contribution in [0.3, 0.4) is 0 Å². The lowest BCUT2D eigenvalue weighted by Crippen LogP contribution is -2.40. The van der Waals surface area contributed by atoms with E-state index in [1.165, 1.54) is 6.07 Å². The van der Waals surface area contributed by atoms with E-state index in [1.807, 2.05) is 0 Å². The molecule has 2 unspecified atom stereocenters. The van der Waals surface area contributed by atoms with Crippen molar-refractivity contribution in [1.82, 2.24) is 4.98 Å². The first-order valence-electron chi connectivity index (χ1n) is 5.45. The van der Waals surface area contributed by atoms with Gasteiger partial charge in [-0.3, -0.25) is 0 Å². The number of alkyl halides is 1. The van der Waals surface area contributed by atoms with Crippen molar-refractivity contribution in [3.8, 4) is 0 Å². The van der Waals surface area contributed by atoms with E-state index >= 15 is 0 Å². The van der Waals surface area contributed by atoms with Crippen LogP contribution >= 0.6 is 11.6 Å². The number of pyridine rings is 1. The fourth-order valence-electron chi connectivity index (χ4n) is 1.76. The van der Waals surface area contributed by atoms with E-state index in [0.29, 0.717) is 13.0 Å². The molecular weight excluding hydrogens is 263 g/mol. The van der Waals surface area contributed by atoms with Gasteiger partial charge in [-0.05, 0) is 6.07 Å².